The molecule has 2 aliphatic heterocycles. The summed E-state index contributed by atoms with van der Waals surface area (Å²) in [7, 11) is 0. The molecule has 4 heterocycles. The molecule has 28 heavy (non-hydrogen) atoms. The first-order valence-corrected chi connectivity index (χ1v) is 9.63. The quantitative estimate of drug-likeness (QED) is 0.811. The van der Waals surface area contributed by atoms with E-state index in [4.69, 9.17) is 12.5 Å². The van der Waals surface area contributed by atoms with Gasteiger partial charge in [-0.1, -0.05) is 0 Å². The molecule has 148 valence electrons. The summed E-state index contributed by atoms with van der Waals surface area (Å²) >= 11 is 0. The number of hydrogen-bond donors (Lipinski definition) is 1. The maximum absolute atomic E-state index is 12.5. The third-order valence-corrected chi connectivity index (χ3v) is 5.26. The van der Waals surface area contributed by atoms with Crippen LogP contribution in [0.1, 0.15) is 47.6 Å². The van der Waals surface area contributed by atoms with Gasteiger partial charge in [0.15, 0.2) is 5.82 Å². The van der Waals surface area contributed by atoms with E-state index in [-0.39, 0.29) is 24.0 Å². The van der Waals surface area contributed by atoms with Crippen LogP contribution in [0.5, 0.6) is 0 Å². The minimum Gasteiger partial charge on any atom is -0.444 e. The van der Waals surface area contributed by atoms with Crippen molar-refractivity contribution in [2.45, 2.75) is 58.1 Å². The topological polar surface area (TPSA) is 80.2 Å². The molecule has 2 aliphatic rings. The van der Waals surface area contributed by atoms with Gasteiger partial charge in [-0.05, 0) is 64.7 Å². The van der Waals surface area contributed by atoms with Gasteiger partial charge in [0.2, 0.25) is 0 Å². The summed E-state index contributed by atoms with van der Waals surface area (Å²) in [6.45, 7) is 8.75. The van der Waals surface area contributed by atoms with Gasteiger partial charge in [-0.3, -0.25) is 0 Å². The molecule has 0 aromatic carbocycles. The first-order chi connectivity index (χ1) is 14.0. The summed E-state index contributed by atoms with van der Waals surface area (Å²) < 4.78 is 21.0. The number of aromatic nitrogens is 3. The molecule has 0 bridgehead atoms. The Morgan fingerprint density at radius 3 is 2.79 bits per heavy atom. The number of ether oxygens (including phenoxy) is 1. The average molecular weight is 383 g/mol. The standard InChI is InChI=1S/C21H27N5O2/c1-14-16(18-22-9-5-10-23-18)12-15-6-7-21(25-17(15)24-14)8-11-26(13-21)19(27)28-20(2,3)4/h5,9-10,12H,6-8,11,13H2,1-4H3,(H,24,25)/t21-/m0/s1/i9D,10D. The maximum Gasteiger partial charge on any atom is 0.410 e. The molecule has 1 atom stereocenters. The Labute approximate surface area is 168 Å². The summed E-state index contributed by atoms with van der Waals surface area (Å²) in [4.78, 5) is 27.3. The van der Waals surface area contributed by atoms with Crippen molar-refractivity contribution in [3.8, 4) is 11.4 Å². The monoisotopic (exact) mass is 383 g/mol. The van der Waals surface area contributed by atoms with Crippen LogP contribution in [0.3, 0.4) is 0 Å². The van der Waals surface area contributed by atoms with Crippen molar-refractivity contribution in [3.05, 3.63) is 35.7 Å². The Balaban J connectivity index is 1.55. The molecule has 1 saturated heterocycles. The number of carbonyl (C=O) groups excluding carboxylic acids is 1. The Bertz CT molecular complexity index is 987. The molecule has 1 N–H and O–H groups in total. The summed E-state index contributed by atoms with van der Waals surface area (Å²) in [6.07, 6.45) is 2.32. The second-order valence-corrected chi connectivity index (χ2v) is 8.64. The van der Waals surface area contributed by atoms with E-state index in [1.165, 1.54) is 6.07 Å². The van der Waals surface area contributed by atoms with Gasteiger partial charge in [0.05, 0.1) is 14.0 Å². The number of likely N-dealkylation sites (tertiary alicyclic amines) is 1. The zero-order chi connectivity index (χ0) is 21.7. The van der Waals surface area contributed by atoms with Gasteiger partial charge < -0.3 is 15.0 Å². The lowest BCUT2D eigenvalue weighted by Gasteiger charge is -2.36. The smallest absolute Gasteiger partial charge is 0.410 e. The number of nitrogens with zero attached hydrogens (tertiary/aromatic N) is 4. The van der Waals surface area contributed by atoms with Crippen molar-refractivity contribution >= 4 is 11.9 Å². The highest BCUT2D eigenvalue weighted by atomic mass is 16.6. The predicted octanol–water partition coefficient (Wildman–Crippen LogP) is 3.58. The van der Waals surface area contributed by atoms with E-state index in [1.807, 2.05) is 33.8 Å². The number of rotatable bonds is 1. The molecule has 0 saturated carbocycles. The van der Waals surface area contributed by atoms with Crippen LogP contribution in [0.15, 0.2) is 24.5 Å². The number of pyridine rings is 1. The lowest BCUT2D eigenvalue weighted by molar-refractivity contribution is 0.0285. The van der Waals surface area contributed by atoms with E-state index < -0.39 is 5.60 Å². The van der Waals surface area contributed by atoms with Crippen molar-refractivity contribution in [3.63, 3.8) is 0 Å². The highest BCUT2D eigenvalue weighted by molar-refractivity contribution is 5.69. The molecule has 0 unspecified atom stereocenters. The van der Waals surface area contributed by atoms with Crippen LogP contribution < -0.4 is 5.32 Å². The van der Waals surface area contributed by atoms with Gasteiger partial charge in [0, 0.05) is 31.0 Å². The van der Waals surface area contributed by atoms with Crippen LogP contribution in [-0.2, 0) is 11.2 Å². The minimum atomic E-state index is -0.508. The summed E-state index contributed by atoms with van der Waals surface area (Å²) in [5.74, 6) is 1.18. The Morgan fingerprint density at radius 1 is 1.32 bits per heavy atom. The van der Waals surface area contributed by atoms with E-state index in [2.05, 4.69) is 15.3 Å². The fourth-order valence-electron chi connectivity index (χ4n) is 3.88. The van der Waals surface area contributed by atoms with Gasteiger partial charge in [-0.25, -0.2) is 19.7 Å². The third kappa shape index (κ3) is 3.66. The number of anilines is 1. The van der Waals surface area contributed by atoms with E-state index in [0.29, 0.717) is 18.9 Å². The van der Waals surface area contributed by atoms with Gasteiger partial charge in [0.25, 0.3) is 0 Å². The van der Waals surface area contributed by atoms with Crippen molar-refractivity contribution in [2.75, 3.05) is 18.4 Å². The second-order valence-electron chi connectivity index (χ2n) is 8.64. The Hall–Kier alpha value is -2.70. The molecule has 2 aromatic heterocycles. The lowest BCUT2D eigenvalue weighted by atomic mass is 9.86. The van der Waals surface area contributed by atoms with Gasteiger partial charge in [0.1, 0.15) is 11.4 Å². The Kier molecular flexibility index (Phi) is 3.91. The molecule has 7 nitrogen and oxygen atoms in total. The van der Waals surface area contributed by atoms with Gasteiger partial charge in [-0.2, -0.15) is 0 Å². The number of fused-ring (bicyclic) bond motifs is 1. The highest BCUT2D eigenvalue weighted by Gasteiger charge is 2.43. The Morgan fingerprint density at radius 2 is 2.07 bits per heavy atom. The van der Waals surface area contributed by atoms with E-state index in [9.17, 15) is 4.79 Å². The van der Waals surface area contributed by atoms with Crippen LogP contribution >= 0.6 is 0 Å². The number of hydrogen-bond acceptors (Lipinski definition) is 6. The maximum atomic E-state index is 12.5. The van der Waals surface area contributed by atoms with Crippen LogP contribution in [0.25, 0.3) is 11.4 Å². The van der Waals surface area contributed by atoms with Crippen molar-refractivity contribution < 1.29 is 12.3 Å². The SMILES string of the molecule is [2H]c1cc([2H])nc(-c2cc3c(nc2C)N[C@@]2(CC3)CCN(C(=O)OC(C)(C)C)C2)n1. The normalized spacial score (nSPS) is 22.4. The molecule has 0 aliphatic carbocycles. The van der Waals surface area contributed by atoms with E-state index in [1.54, 1.807) is 4.90 Å². The summed E-state index contributed by atoms with van der Waals surface area (Å²) in [5.41, 5.74) is 1.84. The van der Waals surface area contributed by atoms with E-state index in [0.717, 1.165) is 41.9 Å². The predicted molar refractivity (Wildman–Crippen MR) is 107 cm³/mol. The number of aryl methyl sites for hydroxylation is 2. The fourth-order valence-corrected chi connectivity index (χ4v) is 3.88. The second kappa shape index (κ2) is 6.72. The molecule has 1 spiro atoms. The van der Waals surface area contributed by atoms with Crippen LogP contribution in [0.2, 0.25) is 0 Å². The molecule has 4 rings (SSSR count). The van der Waals surface area contributed by atoms with Crippen molar-refractivity contribution in [2.24, 2.45) is 0 Å². The molecular weight excluding hydrogens is 354 g/mol. The molecule has 2 aromatic rings. The number of nitrogens with one attached hydrogen (secondary N) is 1. The molecule has 0 radical (unpaired) electrons. The third-order valence-electron chi connectivity index (χ3n) is 5.26. The van der Waals surface area contributed by atoms with Crippen LogP contribution in [0.4, 0.5) is 10.6 Å². The highest BCUT2D eigenvalue weighted by Crippen LogP contribution is 2.38. The zero-order valence-electron chi connectivity index (χ0n) is 18.8. The van der Waals surface area contributed by atoms with Crippen molar-refractivity contribution in [1.29, 1.82) is 0 Å². The first-order valence-electron chi connectivity index (χ1n) is 10.6. The molecular formula is C21H27N5O2. The van der Waals surface area contributed by atoms with Gasteiger partial charge >= 0.3 is 6.09 Å². The first kappa shape index (κ1) is 16.3. The fraction of sp³-hybridized carbons (Fsp3) is 0.524. The van der Waals surface area contributed by atoms with Crippen LogP contribution in [0, 0.1) is 6.92 Å². The zero-order valence-corrected chi connectivity index (χ0v) is 16.8. The number of amides is 1. The lowest BCUT2D eigenvalue weighted by Crippen LogP contribution is -2.46. The largest absolute Gasteiger partial charge is 0.444 e. The average Bonchev–Trinajstić information content (AvgIpc) is 3.02. The van der Waals surface area contributed by atoms with Crippen molar-refractivity contribution in [1.82, 2.24) is 19.9 Å². The van der Waals surface area contributed by atoms with Gasteiger partial charge in [-0.15, -0.1) is 0 Å². The summed E-state index contributed by atoms with van der Waals surface area (Å²) in [5, 5.41) is 3.59. The van der Waals surface area contributed by atoms with E-state index >= 15 is 0 Å². The van der Waals surface area contributed by atoms with Crippen LogP contribution in [-0.4, -0.2) is 50.2 Å². The molecule has 1 amide bonds. The molecule has 1 fully saturated rings. The number of carbonyl (C=O) groups is 1. The molecule has 7 heteroatoms. The minimum absolute atomic E-state index is 0.0207. The summed E-state index contributed by atoms with van der Waals surface area (Å²) in [6, 6.07) is 3.32.